The quantitative estimate of drug-likeness (QED) is 0.360. The van der Waals surface area contributed by atoms with Gasteiger partial charge in [-0.05, 0) is 87.9 Å². The summed E-state index contributed by atoms with van der Waals surface area (Å²) in [7, 11) is 3.56. The number of allylic oxidation sites excluding steroid dienone is 4. The molecule has 0 radical (unpaired) electrons. The summed E-state index contributed by atoms with van der Waals surface area (Å²) in [5.41, 5.74) is -3.20. The number of halogens is 2. The first-order valence-corrected chi connectivity index (χ1v) is 15.8. The van der Waals surface area contributed by atoms with Gasteiger partial charge >= 0.3 is 0 Å². The van der Waals surface area contributed by atoms with E-state index in [9.17, 15) is 14.7 Å². The maximum absolute atomic E-state index is 17.0. The summed E-state index contributed by atoms with van der Waals surface area (Å²) in [6.45, 7) is 9.03. The number of aliphatic hydroxyl groups excluding tert-OH is 1. The molecule has 10 atom stereocenters. The lowest BCUT2D eigenvalue weighted by molar-refractivity contribution is -0.233. The number of hydrogen-bond donors (Lipinski definition) is 1. The molecule has 1 aliphatic heterocycles. The van der Waals surface area contributed by atoms with E-state index in [4.69, 9.17) is 14.2 Å². The zero-order chi connectivity index (χ0) is 32.1. The Bertz CT molecular complexity index is 1300. The highest BCUT2D eigenvalue weighted by atomic mass is 19.1. The van der Waals surface area contributed by atoms with E-state index in [-0.39, 0.29) is 49.9 Å². The van der Waals surface area contributed by atoms with Crippen LogP contribution in [-0.4, -0.2) is 78.7 Å². The molecule has 4 fully saturated rings. The van der Waals surface area contributed by atoms with Crippen LogP contribution in [0.2, 0.25) is 0 Å². The van der Waals surface area contributed by atoms with Crippen molar-refractivity contribution in [2.24, 2.45) is 22.7 Å². The third kappa shape index (κ3) is 5.62. The molecule has 1 heterocycles. The van der Waals surface area contributed by atoms with Crippen LogP contribution in [0.15, 0.2) is 48.1 Å². The fraction of sp³-hybridized carbons (Fsp3) is 0.667. The van der Waals surface area contributed by atoms with Crippen LogP contribution in [-0.2, 0) is 25.6 Å². The topological polar surface area (TPSA) is 85.3 Å². The second-order valence-electron chi connectivity index (χ2n) is 13.9. The molecule has 1 aromatic carbocycles. The van der Waals surface area contributed by atoms with E-state index in [1.165, 1.54) is 23.8 Å². The highest BCUT2D eigenvalue weighted by Gasteiger charge is 2.77. The van der Waals surface area contributed by atoms with Crippen molar-refractivity contribution in [3.05, 3.63) is 53.6 Å². The Morgan fingerprint density at radius 1 is 1.16 bits per heavy atom. The average molecular weight is 632 g/mol. The van der Waals surface area contributed by atoms with Crippen LogP contribution < -0.4 is 4.74 Å². The molecule has 250 valence electrons. The van der Waals surface area contributed by atoms with Gasteiger partial charge in [-0.2, -0.15) is 0 Å². The van der Waals surface area contributed by atoms with Crippen LogP contribution in [0.25, 0.3) is 0 Å². The molecule has 0 spiro atoms. The molecule has 8 unspecified atom stereocenters. The number of rotatable bonds is 7. The van der Waals surface area contributed by atoms with Crippen molar-refractivity contribution < 1.29 is 37.7 Å². The van der Waals surface area contributed by atoms with Crippen molar-refractivity contribution in [2.75, 3.05) is 20.7 Å². The van der Waals surface area contributed by atoms with Gasteiger partial charge in [-0.1, -0.05) is 45.9 Å². The first kappa shape index (κ1) is 35.4. The molecule has 1 aromatic rings. The molecular weight excluding hydrogens is 580 g/mol. The summed E-state index contributed by atoms with van der Waals surface area (Å²) in [6, 6.07) is 7.84. The average Bonchev–Trinajstić information content (AvgIpc) is 3.40. The summed E-state index contributed by atoms with van der Waals surface area (Å²) in [6.07, 6.45) is 4.30. The Kier molecular flexibility index (Phi) is 10.2. The van der Waals surface area contributed by atoms with Crippen molar-refractivity contribution in [3.63, 3.8) is 0 Å². The predicted octanol–water partition coefficient (Wildman–Crippen LogP) is 6.18. The summed E-state index contributed by atoms with van der Waals surface area (Å²) in [5.74, 6) is -0.326. The number of benzene rings is 1. The van der Waals surface area contributed by atoms with Crippen molar-refractivity contribution in [1.82, 2.24) is 4.90 Å². The van der Waals surface area contributed by atoms with Crippen LogP contribution in [0.1, 0.15) is 72.8 Å². The van der Waals surface area contributed by atoms with Gasteiger partial charge in [0.05, 0.1) is 25.9 Å². The number of ketones is 1. The molecule has 7 nitrogen and oxygen atoms in total. The SMILES string of the molecule is C.CCCC1OC2CC3C4C[C@H](F)C5=CC(=O)C=CC5(C)[C@@]4(F)C(O)CC3(C)C2(C)O1.COc1ccc(CN(C)CC=O)cc1. The first-order chi connectivity index (χ1) is 20.8. The van der Waals surface area contributed by atoms with Crippen LogP contribution in [0.4, 0.5) is 8.78 Å². The molecule has 6 rings (SSSR count). The molecule has 1 saturated heterocycles. The fourth-order valence-electron chi connectivity index (χ4n) is 8.86. The zero-order valence-corrected chi connectivity index (χ0v) is 26.7. The number of aldehydes is 1. The number of alkyl halides is 2. The fourth-order valence-corrected chi connectivity index (χ4v) is 8.86. The Morgan fingerprint density at radius 2 is 1.84 bits per heavy atom. The zero-order valence-electron chi connectivity index (χ0n) is 26.7. The third-order valence-electron chi connectivity index (χ3n) is 11.4. The summed E-state index contributed by atoms with van der Waals surface area (Å²) >= 11 is 0. The molecule has 0 aromatic heterocycles. The Morgan fingerprint density at radius 3 is 2.47 bits per heavy atom. The Labute approximate surface area is 267 Å². The summed E-state index contributed by atoms with van der Waals surface area (Å²) < 4.78 is 50.1. The Hall–Kier alpha value is -2.46. The van der Waals surface area contributed by atoms with Crippen molar-refractivity contribution >= 4 is 12.1 Å². The number of fused-ring (bicyclic) bond motifs is 7. The van der Waals surface area contributed by atoms with E-state index in [2.05, 4.69) is 13.8 Å². The molecule has 0 bridgehead atoms. The van der Waals surface area contributed by atoms with Crippen molar-refractivity contribution in [2.45, 2.75) is 110 Å². The van der Waals surface area contributed by atoms with Gasteiger partial charge in [-0.3, -0.25) is 9.69 Å². The van der Waals surface area contributed by atoms with Crippen LogP contribution >= 0.6 is 0 Å². The number of likely N-dealkylation sites (N-methyl/N-ethyl adjacent to an activating group) is 1. The molecule has 45 heavy (non-hydrogen) atoms. The lowest BCUT2D eigenvalue weighted by Gasteiger charge is -2.63. The molecule has 3 saturated carbocycles. The number of carbonyl (C=O) groups excluding carboxylic acids is 2. The van der Waals surface area contributed by atoms with Gasteiger partial charge in [0.1, 0.15) is 23.8 Å². The minimum Gasteiger partial charge on any atom is -0.497 e. The maximum atomic E-state index is 17.0. The van der Waals surface area contributed by atoms with Crippen molar-refractivity contribution in [3.8, 4) is 5.75 Å². The number of nitrogens with zero attached hydrogens (tertiary/aromatic N) is 1. The summed E-state index contributed by atoms with van der Waals surface area (Å²) in [5, 5.41) is 11.3. The molecular formula is C36H51F2NO6. The molecule has 4 aliphatic carbocycles. The number of carbonyl (C=O) groups is 2. The van der Waals surface area contributed by atoms with E-state index < -0.39 is 40.3 Å². The van der Waals surface area contributed by atoms with Gasteiger partial charge in [-0.15, -0.1) is 0 Å². The third-order valence-corrected chi connectivity index (χ3v) is 11.4. The van der Waals surface area contributed by atoms with E-state index >= 15 is 8.78 Å². The first-order valence-electron chi connectivity index (χ1n) is 15.8. The van der Waals surface area contributed by atoms with E-state index in [0.717, 1.165) is 31.4 Å². The monoisotopic (exact) mass is 631 g/mol. The highest BCUT2D eigenvalue weighted by molar-refractivity contribution is 6.01. The van der Waals surface area contributed by atoms with E-state index in [1.807, 2.05) is 43.1 Å². The molecule has 0 amide bonds. The van der Waals surface area contributed by atoms with Gasteiger partial charge in [0.25, 0.3) is 0 Å². The van der Waals surface area contributed by atoms with Crippen LogP contribution in [0.3, 0.4) is 0 Å². The van der Waals surface area contributed by atoms with Gasteiger partial charge in [0, 0.05) is 23.3 Å². The number of hydrogen-bond acceptors (Lipinski definition) is 7. The smallest absolute Gasteiger partial charge is 0.178 e. The minimum atomic E-state index is -2.04. The largest absolute Gasteiger partial charge is 0.497 e. The standard InChI is InChI=1S/C24H32F2O4.C11H15NO2.CH4/c1-5-6-20-29-19-11-14-15-10-17(25)16-9-13(27)7-8-21(16,2)24(15,26)18(28)12-22(14,3)23(19,4)30-20;1-12(7-8-13)9-10-3-5-11(14-2)6-4-10;/h7-9,14-15,17-20,28H,5-6,10-12H2,1-4H3;3-6,8H,7,9H2,1-2H3;1H4/t14?,15?,17-,18?,19?,20?,21?,22?,23?,24-;;/m0../s1. The molecule has 1 N–H and O–H groups in total. The highest BCUT2D eigenvalue weighted by Crippen LogP contribution is 2.71. The Balaban J connectivity index is 0.000000261. The second kappa shape index (κ2) is 13.0. The van der Waals surface area contributed by atoms with Gasteiger partial charge in [0.2, 0.25) is 0 Å². The van der Waals surface area contributed by atoms with Gasteiger partial charge < -0.3 is 24.1 Å². The van der Waals surface area contributed by atoms with Gasteiger partial charge in [0.15, 0.2) is 17.7 Å². The maximum Gasteiger partial charge on any atom is 0.178 e. The van der Waals surface area contributed by atoms with Crippen molar-refractivity contribution in [1.29, 1.82) is 0 Å². The van der Waals surface area contributed by atoms with E-state index in [1.54, 1.807) is 14.0 Å². The molecule has 5 aliphatic rings. The van der Waals surface area contributed by atoms with E-state index in [0.29, 0.717) is 13.0 Å². The lowest BCUT2D eigenvalue weighted by atomic mass is 9.44. The van der Waals surface area contributed by atoms with Crippen LogP contribution in [0.5, 0.6) is 5.75 Å². The predicted molar refractivity (Wildman–Crippen MR) is 169 cm³/mol. The minimum absolute atomic E-state index is 0. The van der Waals surface area contributed by atoms with Crippen LogP contribution in [0, 0.1) is 22.7 Å². The molecule has 9 heteroatoms. The number of ether oxygens (including phenoxy) is 3. The number of methoxy groups -OCH3 is 1. The number of aliphatic hydroxyl groups is 1. The lowest BCUT2D eigenvalue weighted by Crippen LogP contribution is -2.69. The summed E-state index contributed by atoms with van der Waals surface area (Å²) in [4.78, 5) is 24.1. The van der Waals surface area contributed by atoms with Gasteiger partial charge in [-0.25, -0.2) is 8.78 Å². The normalized spacial score (nSPS) is 41.0. The second-order valence-corrected chi connectivity index (χ2v) is 13.9.